The van der Waals surface area contributed by atoms with Crippen LogP contribution in [0.3, 0.4) is 0 Å². The van der Waals surface area contributed by atoms with Crippen molar-refractivity contribution in [3.8, 4) is 0 Å². The third-order valence-electron chi connectivity index (χ3n) is 1.92. The van der Waals surface area contributed by atoms with E-state index in [9.17, 15) is 9.18 Å². The van der Waals surface area contributed by atoms with Crippen molar-refractivity contribution in [3.63, 3.8) is 0 Å². The maximum absolute atomic E-state index is 11.7. The van der Waals surface area contributed by atoms with Gasteiger partial charge in [-0.25, -0.2) is 4.39 Å². The molecule has 1 rings (SSSR count). The molecule has 1 amide bonds. The molecule has 70 valence electrons. The van der Waals surface area contributed by atoms with Crippen LogP contribution >= 0.6 is 0 Å². The van der Waals surface area contributed by atoms with Gasteiger partial charge in [0.1, 0.15) is 6.67 Å². The summed E-state index contributed by atoms with van der Waals surface area (Å²) in [5, 5.41) is 2.51. The fourth-order valence-corrected chi connectivity index (χ4v) is 1.26. The minimum absolute atomic E-state index is 0.0645. The zero-order valence-corrected chi connectivity index (χ0v) is 7.01. The predicted octanol–water partition coefficient (Wildman–Crippen LogP) is 0.499. The Labute approximate surface area is 71.3 Å². The molecule has 1 atom stereocenters. The summed E-state index contributed by atoms with van der Waals surface area (Å²) in [5.41, 5.74) is 0. The minimum atomic E-state index is -0.501. The molecule has 12 heavy (non-hydrogen) atoms. The fraction of sp³-hybridized carbons (Fsp3) is 0.875. The van der Waals surface area contributed by atoms with Gasteiger partial charge in [-0.3, -0.25) is 4.79 Å². The molecule has 3 nitrogen and oxygen atoms in total. The lowest BCUT2D eigenvalue weighted by Crippen LogP contribution is -2.36. The lowest BCUT2D eigenvalue weighted by atomic mass is 10.0. The first-order chi connectivity index (χ1) is 5.84. The van der Waals surface area contributed by atoms with E-state index in [-0.39, 0.29) is 18.4 Å². The van der Waals surface area contributed by atoms with Crippen molar-refractivity contribution in [2.45, 2.75) is 12.8 Å². The SMILES string of the molecule is O=C(NCCF)C1CCCOC1. The average molecular weight is 175 g/mol. The molecule has 0 saturated carbocycles. The van der Waals surface area contributed by atoms with Gasteiger partial charge in [-0.15, -0.1) is 0 Å². The van der Waals surface area contributed by atoms with Crippen molar-refractivity contribution < 1.29 is 13.9 Å². The first-order valence-corrected chi connectivity index (χ1v) is 4.26. The summed E-state index contributed by atoms with van der Waals surface area (Å²) in [6, 6.07) is 0. The molecule has 1 N–H and O–H groups in total. The zero-order chi connectivity index (χ0) is 8.81. The number of ether oxygens (including phenoxy) is 1. The molecular formula is C8H14FNO2. The summed E-state index contributed by atoms with van der Waals surface area (Å²) in [6.45, 7) is 0.847. The average Bonchev–Trinajstić information content (AvgIpc) is 2.15. The molecule has 0 aliphatic carbocycles. The van der Waals surface area contributed by atoms with Gasteiger partial charge < -0.3 is 10.1 Å². The molecule has 1 aliphatic rings. The van der Waals surface area contributed by atoms with Crippen LogP contribution in [0.4, 0.5) is 4.39 Å². The molecule has 1 heterocycles. The van der Waals surface area contributed by atoms with E-state index < -0.39 is 6.67 Å². The number of rotatable bonds is 3. The first-order valence-electron chi connectivity index (χ1n) is 4.26. The Morgan fingerprint density at radius 3 is 3.08 bits per heavy atom. The Morgan fingerprint density at radius 1 is 1.67 bits per heavy atom. The van der Waals surface area contributed by atoms with E-state index in [2.05, 4.69) is 5.32 Å². The van der Waals surface area contributed by atoms with Crippen LogP contribution in [0.5, 0.6) is 0 Å². The minimum Gasteiger partial charge on any atom is -0.381 e. The van der Waals surface area contributed by atoms with Crippen molar-refractivity contribution in [2.24, 2.45) is 5.92 Å². The number of hydrogen-bond donors (Lipinski definition) is 1. The lowest BCUT2D eigenvalue weighted by Gasteiger charge is -2.20. The summed E-state index contributed by atoms with van der Waals surface area (Å²) in [4.78, 5) is 11.2. The normalized spacial score (nSPS) is 23.6. The standard InChI is InChI=1S/C8H14FNO2/c9-3-4-10-8(11)7-2-1-5-12-6-7/h7H,1-6H2,(H,10,11). The van der Waals surface area contributed by atoms with Crippen molar-refractivity contribution in [1.29, 1.82) is 0 Å². The number of carbonyl (C=O) groups excluding carboxylic acids is 1. The summed E-state index contributed by atoms with van der Waals surface area (Å²) in [6.07, 6.45) is 1.78. The Morgan fingerprint density at radius 2 is 2.50 bits per heavy atom. The second kappa shape index (κ2) is 5.09. The fourth-order valence-electron chi connectivity index (χ4n) is 1.26. The topological polar surface area (TPSA) is 38.3 Å². The Hall–Kier alpha value is -0.640. The van der Waals surface area contributed by atoms with E-state index in [1.54, 1.807) is 0 Å². The second-order valence-electron chi connectivity index (χ2n) is 2.89. The molecule has 4 heteroatoms. The molecule has 0 aromatic heterocycles. The first kappa shape index (κ1) is 9.45. The van der Waals surface area contributed by atoms with Gasteiger partial charge in [0.05, 0.1) is 12.5 Å². The van der Waals surface area contributed by atoms with Gasteiger partial charge in [0, 0.05) is 13.2 Å². The predicted molar refractivity (Wildman–Crippen MR) is 42.5 cm³/mol. The van der Waals surface area contributed by atoms with Crippen molar-refractivity contribution >= 4 is 5.91 Å². The number of halogens is 1. The highest BCUT2D eigenvalue weighted by Gasteiger charge is 2.20. The van der Waals surface area contributed by atoms with Crippen molar-refractivity contribution in [3.05, 3.63) is 0 Å². The number of nitrogens with one attached hydrogen (secondary N) is 1. The quantitative estimate of drug-likeness (QED) is 0.678. The van der Waals surface area contributed by atoms with Gasteiger partial charge in [-0.05, 0) is 12.8 Å². The van der Waals surface area contributed by atoms with Crippen molar-refractivity contribution in [2.75, 3.05) is 26.4 Å². The van der Waals surface area contributed by atoms with Crippen LogP contribution in [0.25, 0.3) is 0 Å². The molecule has 1 fully saturated rings. The maximum atomic E-state index is 11.7. The largest absolute Gasteiger partial charge is 0.381 e. The van der Waals surface area contributed by atoms with Crippen LogP contribution in [-0.4, -0.2) is 32.3 Å². The number of hydrogen-bond acceptors (Lipinski definition) is 2. The summed E-state index contributed by atoms with van der Waals surface area (Å²) in [5.74, 6) is -0.141. The molecule has 0 bridgehead atoms. The van der Waals surface area contributed by atoms with Gasteiger partial charge in [0.15, 0.2) is 0 Å². The van der Waals surface area contributed by atoms with Gasteiger partial charge in [0.25, 0.3) is 0 Å². The maximum Gasteiger partial charge on any atom is 0.225 e. The molecule has 0 aromatic rings. The van der Waals surface area contributed by atoms with E-state index in [1.165, 1.54) is 0 Å². The Bertz CT molecular complexity index is 146. The summed E-state index contributed by atoms with van der Waals surface area (Å²) < 4.78 is 16.8. The lowest BCUT2D eigenvalue weighted by molar-refractivity contribution is -0.129. The summed E-state index contributed by atoms with van der Waals surface area (Å²) in [7, 11) is 0. The molecule has 1 saturated heterocycles. The van der Waals surface area contributed by atoms with Crippen LogP contribution < -0.4 is 5.32 Å². The third kappa shape index (κ3) is 2.77. The molecular weight excluding hydrogens is 161 g/mol. The van der Waals surface area contributed by atoms with Crippen LogP contribution in [0.2, 0.25) is 0 Å². The van der Waals surface area contributed by atoms with E-state index in [4.69, 9.17) is 4.74 Å². The monoisotopic (exact) mass is 175 g/mol. The molecule has 0 radical (unpaired) electrons. The van der Waals surface area contributed by atoms with E-state index >= 15 is 0 Å². The Kier molecular flexibility index (Phi) is 4.00. The van der Waals surface area contributed by atoms with E-state index in [0.29, 0.717) is 6.61 Å². The zero-order valence-electron chi connectivity index (χ0n) is 7.01. The molecule has 1 aliphatic heterocycles. The second-order valence-corrected chi connectivity index (χ2v) is 2.89. The van der Waals surface area contributed by atoms with Gasteiger partial charge >= 0.3 is 0 Å². The van der Waals surface area contributed by atoms with E-state index in [0.717, 1.165) is 19.4 Å². The molecule has 0 aromatic carbocycles. The smallest absolute Gasteiger partial charge is 0.225 e. The van der Waals surface area contributed by atoms with E-state index in [1.807, 2.05) is 0 Å². The molecule has 0 spiro atoms. The number of alkyl halides is 1. The Balaban J connectivity index is 2.20. The van der Waals surface area contributed by atoms with Crippen LogP contribution in [0.1, 0.15) is 12.8 Å². The number of carbonyl (C=O) groups is 1. The highest BCUT2D eigenvalue weighted by molar-refractivity contribution is 5.78. The van der Waals surface area contributed by atoms with Crippen LogP contribution in [-0.2, 0) is 9.53 Å². The van der Waals surface area contributed by atoms with Gasteiger partial charge in [-0.1, -0.05) is 0 Å². The van der Waals surface area contributed by atoms with Gasteiger partial charge in [-0.2, -0.15) is 0 Å². The van der Waals surface area contributed by atoms with Gasteiger partial charge in [0.2, 0.25) is 5.91 Å². The highest BCUT2D eigenvalue weighted by atomic mass is 19.1. The molecule has 1 unspecified atom stereocenters. The number of amides is 1. The van der Waals surface area contributed by atoms with Crippen molar-refractivity contribution in [1.82, 2.24) is 5.32 Å². The van der Waals surface area contributed by atoms with Crippen LogP contribution in [0.15, 0.2) is 0 Å². The highest BCUT2D eigenvalue weighted by Crippen LogP contribution is 2.12. The van der Waals surface area contributed by atoms with Crippen LogP contribution in [0, 0.1) is 5.92 Å². The third-order valence-corrected chi connectivity index (χ3v) is 1.92. The summed E-state index contributed by atoms with van der Waals surface area (Å²) >= 11 is 0.